The molecule has 0 bridgehead atoms. The molecule has 1 aliphatic heterocycles. The van der Waals surface area contributed by atoms with Crippen LogP contribution < -0.4 is 9.47 Å². The number of hydrogen-bond acceptors (Lipinski definition) is 3. The zero-order valence-electron chi connectivity index (χ0n) is 13.1. The summed E-state index contributed by atoms with van der Waals surface area (Å²) in [5.41, 5.74) is 4.66. The molecule has 114 valence electrons. The Morgan fingerprint density at radius 2 is 1.86 bits per heavy atom. The minimum absolute atomic E-state index is 0.0577. The Morgan fingerprint density at radius 3 is 2.50 bits per heavy atom. The maximum absolute atomic E-state index is 9.66. The summed E-state index contributed by atoms with van der Waals surface area (Å²) in [4.78, 5) is 0. The average molecular weight is 296 g/mol. The molecule has 0 saturated heterocycles. The van der Waals surface area contributed by atoms with Crippen molar-refractivity contribution >= 4 is 11.1 Å². The zero-order valence-corrected chi connectivity index (χ0v) is 13.1. The summed E-state index contributed by atoms with van der Waals surface area (Å²) in [6, 6.07) is 13.4. The van der Waals surface area contributed by atoms with E-state index in [4.69, 9.17) is 9.47 Å². The number of aromatic hydroxyl groups is 1. The lowest BCUT2D eigenvalue weighted by molar-refractivity contribution is 0.272. The molecule has 22 heavy (non-hydrogen) atoms. The van der Waals surface area contributed by atoms with E-state index in [2.05, 4.69) is 19.1 Å². The normalized spacial score (nSPS) is 17.0. The maximum atomic E-state index is 9.66. The summed E-state index contributed by atoms with van der Waals surface area (Å²) in [5.74, 6) is 1.83. The van der Waals surface area contributed by atoms with Crippen molar-refractivity contribution in [1.82, 2.24) is 0 Å². The highest BCUT2D eigenvalue weighted by Crippen LogP contribution is 2.43. The van der Waals surface area contributed by atoms with Gasteiger partial charge in [-0.1, -0.05) is 19.1 Å². The molecule has 1 N–H and O–H groups in total. The highest BCUT2D eigenvalue weighted by atomic mass is 16.5. The minimum Gasteiger partial charge on any atom is -0.508 e. The Hall–Kier alpha value is -2.42. The van der Waals surface area contributed by atoms with Crippen molar-refractivity contribution in [1.29, 1.82) is 0 Å². The van der Waals surface area contributed by atoms with Gasteiger partial charge in [0, 0.05) is 17.2 Å². The third-order valence-electron chi connectivity index (χ3n) is 4.08. The maximum Gasteiger partial charge on any atom is 0.131 e. The van der Waals surface area contributed by atoms with Crippen LogP contribution in [0.5, 0.6) is 17.2 Å². The van der Waals surface area contributed by atoms with Crippen LogP contribution in [0, 0.1) is 0 Å². The van der Waals surface area contributed by atoms with Gasteiger partial charge in [0.15, 0.2) is 0 Å². The molecule has 0 amide bonds. The lowest BCUT2D eigenvalue weighted by Gasteiger charge is -2.29. The Bertz CT molecular complexity index is 714. The number of benzene rings is 2. The molecule has 1 heterocycles. The Balaban J connectivity index is 2.15. The molecule has 0 radical (unpaired) electrons. The third-order valence-corrected chi connectivity index (χ3v) is 4.08. The number of ether oxygens (including phenoxy) is 2. The molecule has 0 aliphatic carbocycles. The molecule has 1 aliphatic rings. The zero-order chi connectivity index (χ0) is 15.7. The number of fused-ring (bicyclic) bond motifs is 1. The van der Waals surface area contributed by atoms with Gasteiger partial charge in [0.05, 0.1) is 7.11 Å². The second-order valence-electron chi connectivity index (χ2n) is 5.41. The molecule has 1 atom stereocenters. The van der Waals surface area contributed by atoms with Gasteiger partial charge in [-0.3, -0.25) is 0 Å². The van der Waals surface area contributed by atoms with E-state index < -0.39 is 0 Å². The highest BCUT2D eigenvalue weighted by molar-refractivity contribution is 5.95. The number of hydrogen-bond donors (Lipinski definition) is 1. The second kappa shape index (κ2) is 5.76. The van der Waals surface area contributed by atoms with E-state index in [1.54, 1.807) is 19.2 Å². The van der Waals surface area contributed by atoms with Gasteiger partial charge < -0.3 is 14.6 Å². The molecule has 0 fully saturated rings. The first-order valence-electron chi connectivity index (χ1n) is 7.51. The summed E-state index contributed by atoms with van der Waals surface area (Å²) < 4.78 is 11.3. The molecule has 0 aromatic heterocycles. The Labute approximate surface area is 130 Å². The van der Waals surface area contributed by atoms with Crippen LogP contribution >= 0.6 is 0 Å². The van der Waals surface area contributed by atoms with Crippen LogP contribution in [0.3, 0.4) is 0 Å². The van der Waals surface area contributed by atoms with Gasteiger partial charge in [0.2, 0.25) is 0 Å². The topological polar surface area (TPSA) is 38.7 Å². The number of phenols is 1. The Kier molecular flexibility index (Phi) is 3.80. The van der Waals surface area contributed by atoms with Crippen molar-refractivity contribution in [2.45, 2.75) is 26.4 Å². The van der Waals surface area contributed by atoms with Gasteiger partial charge in [-0.2, -0.15) is 0 Å². The average Bonchev–Trinajstić information content (AvgIpc) is 2.53. The largest absolute Gasteiger partial charge is 0.508 e. The van der Waals surface area contributed by atoms with Crippen LogP contribution in [0.2, 0.25) is 0 Å². The van der Waals surface area contributed by atoms with E-state index >= 15 is 0 Å². The molecule has 0 saturated carbocycles. The van der Waals surface area contributed by atoms with Crippen molar-refractivity contribution < 1.29 is 14.6 Å². The fraction of sp³-hybridized carbons (Fsp3) is 0.263. The first-order valence-corrected chi connectivity index (χ1v) is 7.51. The summed E-state index contributed by atoms with van der Waals surface area (Å²) in [5, 5.41) is 9.66. The predicted molar refractivity (Wildman–Crippen MR) is 88.3 cm³/mol. The quantitative estimate of drug-likeness (QED) is 0.906. The monoisotopic (exact) mass is 296 g/mol. The predicted octanol–water partition coefficient (Wildman–Crippen LogP) is 4.50. The summed E-state index contributed by atoms with van der Waals surface area (Å²) in [6.45, 7) is 4.19. The first-order chi connectivity index (χ1) is 10.6. The van der Waals surface area contributed by atoms with Crippen LogP contribution in [-0.2, 0) is 0 Å². The van der Waals surface area contributed by atoms with Crippen molar-refractivity contribution in [3.05, 3.63) is 53.6 Å². The number of allylic oxidation sites excluding steroid dienone is 1. The van der Waals surface area contributed by atoms with Crippen LogP contribution in [0.15, 0.2) is 42.5 Å². The SMILES string of the molecule is CCC1=C(c2ccc(OC)cc2)[C@H](C)Oc2cc(O)ccc21. The van der Waals surface area contributed by atoms with Crippen LogP contribution in [-0.4, -0.2) is 18.3 Å². The van der Waals surface area contributed by atoms with Crippen LogP contribution in [0.4, 0.5) is 0 Å². The van der Waals surface area contributed by atoms with Crippen LogP contribution in [0.25, 0.3) is 11.1 Å². The van der Waals surface area contributed by atoms with E-state index in [0.717, 1.165) is 29.0 Å². The molecule has 2 aromatic carbocycles. The lowest BCUT2D eigenvalue weighted by atomic mass is 9.87. The smallest absolute Gasteiger partial charge is 0.131 e. The van der Waals surface area contributed by atoms with Crippen molar-refractivity contribution in [2.75, 3.05) is 7.11 Å². The first kappa shape index (κ1) is 14.5. The van der Waals surface area contributed by atoms with Gasteiger partial charge in [-0.05, 0) is 48.7 Å². The standard InChI is InChI=1S/C19H20O3/c1-4-16-17-10-7-14(20)11-18(17)22-12(2)19(16)13-5-8-15(21-3)9-6-13/h5-12,20H,4H2,1-3H3/t12-/m0/s1. The lowest BCUT2D eigenvalue weighted by Crippen LogP contribution is -2.20. The van der Waals surface area contributed by atoms with E-state index in [1.807, 2.05) is 25.1 Å². The summed E-state index contributed by atoms with van der Waals surface area (Å²) >= 11 is 0. The van der Waals surface area contributed by atoms with E-state index in [1.165, 1.54) is 11.1 Å². The molecule has 0 unspecified atom stereocenters. The Morgan fingerprint density at radius 1 is 1.14 bits per heavy atom. The van der Waals surface area contributed by atoms with Crippen molar-refractivity contribution in [3.63, 3.8) is 0 Å². The number of phenolic OH excluding ortho intramolecular Hbond substituents is 1. The molecule has 2 aromatic rings. The van der Waals surface area contributed by atoms with Crippen LogP contribution in [0.1, 0.15) is 31.4 Å². The molecule has 3 nitrogen and oxygen atoms in total. The van der Waals surface area contributed by atoms with E-state index in [-0.39, 0.29) is 11.9 Å². The highest BCUT2D eigenvalue weighted by Gasteiger charge is 2.26. The van der Waals surface area contributed by atoms with Gasteiger partial charge in [-0.15, -0.1) is 0 Å². The molecule has 0 spiro atoms. The molecule has 3 rings (SSSR count). The third kappa shape index (κ3) is 2.43. The van der Waals surface area contributed by atoms with Crippen molar-refractivity contribution in [2.24, 2.45) is 0 Å². The molecular formula is C19H20O3. The van der Waals surface area contributed by atoms with Crippen molar-refractivity contribution in [3.8, 4) is 17.2 Å². The summed E-state index contributed by atoms with van der Waals surface area (Å²) in [7, 11) is 1.67. The molecular weight excluding hydrogens is 276 g/mol. The fourth-order valence-electron chi connectivity index (χ4n) is 3.06. The van der Waals surface area contributed by atoms with E-state index in [0.29, 0.717) is 0 Å². The minimum atomic E-state index is -0.0577. The van der Waals surface area contributed by atoms with Gasteiger partial charge in [0.25, 0.3) is 0 Å². The van der Waals surface area contributed by atoms with Gasteiger partial charge in [-0.25, -0.2) is 0 Å². The summed E-state index contributed by atoms with van der Waals surface area (Å²) in [6.07, 6.45) is 0.852. The number of methoxy groups -OCH3 is 1. The number of rotatable bonds is 3. The van der Waals surface area contributed by atoms with E-state index in [9.17, 15) is 5.11 Å². The second-order valence-corrected chi connectivity index (χ2v) is 5.41. The van der Waals surface area contributed by atoms with Gasteiger partial charge >= 0.3 is 0 Å². The molecule has 3 heteroatoms. The fourth-order valence-corrected chi connectivity index (χ4v) is 3.06. The van der Waals surface area contributed by atoms with Gasteiger partial charge in [0.1, 0.15) is 23.4 Å².